The average Bonchev–Trinajstić information content (AvgIpc) is 3.35. The maximum absolute atomic E-state index is 12.5. The van der Waals surface area contributed by atoms with Gasteiger partial charge in [0.2, 0.25) is 0 Å². The van der Waals surface area contributed by atoms with E-state index < -0.39 is 0 Å². The first-order valence-corrected chi connectivity index (χ1v) is 8.66. The second kappa shape index (κ2) is 6.95. The third kappa shape index (κ3) is 3.62. The normalized spacial score (nSPS) is 15.3. The molecule has 1 atom stereocenters. The van der Waals surface area contributed by atoms with Crippen LogP contribution in [0.1, 0.15) is 40.2 Å². The maximum Gasteiger partial charge on any atom is 0.255 e. The molecule has 1 aromatic heterocycles. The Balaban J connectivity index is 1.73. The van der Waals surface area contributed by atoms with Crippen molar-refractivity contribution in [2.24, 2.45) is 11.7 Å². The van der Waals surface area contributed by atoms with Crippen molar-refractivity contribution in [3.63, 3.8) is 0 Å². The summed E-state index contributed by atoms with van der Waals surface area (Å²) in [7, 11) is 0. The smallest absolute Gasteiger partial charge is 0.255 e. The number of nitrogens with zero attached hydrogens (tertiary/aromatic N) is 2. The van der Waals surface area contributed by atoms with E-state index in [4.69, 9.17) is 17.3 Å². The molecule has 1 aliphatic carbocycles. The third-order valence-corrected chi connectivity index (χ3v) is 4.98. The minimum absolute atomic E-state index is 0.0488. The van der Waals surface area contributed by atoms with Crippen LogP contribution in [0.2, 0.25) is 5.02 Å². The molecule has 6 heteroatoms. The Morgan fingerprint density at radius 3 is 2.79 bits per heavy atom. The van der Waals surface area contributed by atoms with Crippen molar-refractivity contribution in [2.45, 2.75) is 39.3 Å². The Morgan fingerprint density at radius 2 is 2.12 bits per heavy atom. The molecular formula is C18H23ClN4O. The molecule has 0 aliphatic heterocycles. The van der Waals surface area contributed by atoms with Gasteiger partial charge in [-0.3, -0.25) is 9.48 Å². The summed E-state index contributed by atoms with van der Waals surface area (Å²) in [5, 5.41) is 8.16. The molecule has 1 saturated carbocycles. The van der Waals surface area contributed by atoms with Gasteiger partial charge in [-0.25, -0.2) is 0 Å². The second-order valence-electron chi connectivity index (χ2n) is 6.51. The lowest BCUT2D eigenvalue weighted by molar-refractivity contribution is 0.0949. The van der Waals surface area contributed by atoms with Gasteiger partial charge in [-0.15, -0.1) is 0 Å². The van der Waals surface area contributed by atoms with Gasteiger partial charge in [0.05, 0.1) is 17.8 Å². The molecule has 0 spiro atoms. The van der Waals surface area contributed by atoms with E-state index in [1.54, 1.807) is 0 Å². The van der Waals surface area contributed by atoms with Crippen molar-refractivity contribution in [1.82, 2.24) is 15.1 Å². The molecule has 1 aromatic carbocycles. The fraction of sp³-hybridized carbons (Fsp3) is 0.444. The van der Waals surface area contributed by atoms with Crippen LogP contribution in [0.25, 0.3) is 0 Å². The summed E-state index contributed by atoms with van der Waals surface area (Å²) in [6.07, 6.45) is 2.34. The van der Waals surface area contributed by atoms with Gasteiger partial charge in [-0.1, -0.05) is 29.8 Å². The van der Waals surface area contributed by atoms with Crippen molar-refractivity contribution in [1.29, 1.82) is 0 Å². The van der Waals surface area contributed by atoms with Gasteiger partial charge in [-0.05, 0) is 44.2 Å². The van der Waals surface area contributed by atoms with Crippen molar-refractivity contribution in [2.75, 3.05) is 6.54 Å². The number of nitrogens with two attached hydrogens (primary N) is 1. The molecule has 24 heavy (non-hydrogen) atoms. The summed E-state index contributed by atoms with van der Waals surface area (Å²) in [6.45, 7) is 4.82. The highest BCUT2D eigenvalue weighted by Crippen LogP contribution is 2.31. The van der Waals surface area contributed by atoms with Gasteiger partial charge >= 0.3 is 0 Å². The van der Waals surface area contributed by atoms with Crippen LogP contribution >= 0.6 is 11.6 Å². The van der Waals surface area contributed by atoms with E-state index in [-0.39, 0.29) is 11.9 Å². The Morgan fingerprint density at radius 1 is 1.42 bits per heavy atom. The minimum Gasteiger partial charge on any atom is -0.350 e. The van der Waals surface area contributed by atoms with Crippen LogP contribution in [-0.2, 0) is 6.54 Å². The average molecular weight is 347 g/mol. The lowest BCUT2D eigenvalue weighted by atomic mass is 10.1. The van der Waals surface area contributed by atoms with Gasteiger partial charge in [0.15, 0.2) is 0 Å². The molecule has 2 aromatic rings. The van der Waals surface area contributed by atoms with Gasteiger partial charge in [0.1, 0.15) is 0 Å². The molecule has 128 valence electrons. The zero-order valence-corrected chi connectivity index (χ0v) is 14.8. The highest BCUT2D eigenvalue weighted by Gasteiger charge is 2.29. The van der Waals surface area contributed by atoms with Crippen LogP contribution in [0.4, 0.5) is 0 Å². The van der Waals surface area contributed by atoms with Crippen LogP contribution in [0, 0.1) is 19.8 Å². The summed E-state index contributed by atoms with van der Waals surface area (Å²) in [5.74, 6) is 0.460. The summed E-state index contributed by atoms with van der Waals surface area (Å²) in [4.78, 5) is 12.5. The number of amides is 1. The quantitative estimate of drug-likeness (QED) is 0.844. The third-order valence-electron chi connectivity index (χ3n) is 4.61. The number of carbonyl (C=O) groups is 1. The first kappa shape index (κ1) is 17.0. The minimum atomic E-state index is -0.105. The van der Waals surface area contributed by atoms with Crippen LogP contribution in [-0.4, -0.2) is 28.3 Å². The van der Waals surface area contributed by atoms with Crippen molar-refractivity contribution >= 4 is 17.5 Å². The topological polar surface area (TPSA) is 72.9 Å². The fourth-order valence-electron chi connectivity index (χ4n) is 2.96. The van der Waals surface area contributed by atoms with E-state index in [0.29, 0.717) is 29.6 Å². The maximum atomic E-state index is 12.5. The molecule has 5 nitrogen and oxygen atoms in total. The van der Waals surface area contributed by atoms with Crippen molar-refractivity contribution in [3.05, 3.63) is 51.8 Å². The van der Waals surface area contributed by atoms with Crippen LogP contribution in [0.5, 0.6) is 0 Å². The van der Waals surface area contributed by atoms with E-state index in [1.165, 1.54) is 12.8 Å². The Hall–Kier alpha value is -1.85. The monoisotopic (exact) mass is 346 g/mol. The van der Waals surface area contributed by atoms with Gasteiger partial charge in [0.25, 0.3) is 5.91 Å². The molecule has 0 bridgehead atoms. The number of hydrogen-bond donors (Lipinski definition) is 2. The Bertz CT molecular complexity index is 751. The summed E-state index contributed by atoms with van der Waals surface area (Å²) in [5.41, 5.74) is 9.22. The Kier molecular flexibility index (Phi) is 4.92. The van der Waals surface area contributed by atoms with E-state index in [0.717, 1.165) is 17.0 Å². The molecule has 1 heterocycles. The number of hydrogen-bond acceptors (Lipinski definition) is 3. The van der Waals surface area contributed by atoms with Crippen molar-refractivity contribution < 1.29 is 4.79 Å². The molecule has 0 radical (unpaired) electrons. The predicted molar refractivity (Wildman–Crippen MR) is 95.3 cm³/mol. The van der Waals surface area contributed by atoms with E-state index >= 15 is 0 Å². The Labute approximate surface area is 147 Å². The lowest BCUT2D eigenvalue weighted by Crippen LogP contribution is -2.38. The molecule has 0 saturated heterocycles. The zero-order chi connectivity index (χ0) is 17.3. The number of nitrogens with one attached hydrogen (secondary N) is 1. The highest BCUT2D eigenvalue weighted by molar-refractivity contribution is 6.31. The molecule has 1 fully saturated rings. The molecule has 1 aliphatic rings. The first-order chi connectivity index (χ1) is 11.5. The van der Waals surface area contributed by atoms with Gasteiger partial charge in [-0.2, -0.15) is 5.10 Å². The molecular weight excluding hydrogens is 324 g/mol. The number of aryl methyl sites for hydroxylation is 1. The second-order valence-corrected chi connectivity index (χ2v) is 6.91. The molecule has 1 unspecified atom stereocenters. The van der Waals surface area contributed by atoms with Crippen LogP contribution in [0.15, 0.2) is 24.3 Å². The van der Waals surface area contributed by atoms with Crippen LogP contribution < -0.4 is 11.1 Å². The SMILES string of the molecule is Cc1nn(Cc2ccccc2Cl)c(C)c1C(=O)NCC(N)C1CC1. The number of benzene rings is 1. The van der Waals surface area contributed by atoms with Crippen LogP contribution in [0.3, 0.4) is 0 Å². The van der Waals surface area contributed by atoms with E-state index in [9.17, 15) is 4.79 Å². The van der Waals surface area contributed by atoms with Crippen molar-refractivity contribution in [3.8, 4) is 0 Å². The summed E-state index contributed by atoms with van der Waals surface area (Å²) in [6, 6.07) is 7.71. The molecule has 1 amide bonds. The zero-order valence-electron chi connectivity index (χ0n) is 14.1. The highest BCUT2D eigenvalue weighted by atomic mass is 35.5. The first-order valence-electron chi connectivity index (χ1n) is 8.28. The van der Waals surface area contributed by atoms with E-state index in [1.807, 2.05) is 42.8 Å². The van der Waals surface area contributed by atoms with E-state index in [2.05, 4.69) is 10.4 Å². The summed E-state index contributed by atoms with van der Waals surface area (Å²) < 4.78 is 1.83. The van der Waals surface area contributed by atoms with Gasteiger partial charge in [0, 0.05) is 23.3 Å². The summed E-state index contributed by atoms with van der Waals surface area (Å²) >= 11 is 6.22. The fourth-order valence-corrected chi connectivity index (χ4v) is 3.15. The van der Waals surface area contributed by atoms with Gasteiger partial charge < -0.3 is 11.1 Å². The number of carbonyl (C=O) groups excluding carboxylic acids is 1. The molecule has 3 N–H and O–H groups in total. The number of aromatic nitrogens is 2. The number of halogens is 1. The molecule has 3 rings (SSSR count). The standard InChI is InChI=1S/C18H23ClN4O/c1-11-17(18(24)21-9-16(20)13-7-8-13)12(2)23(22-11)10-14-5-3-4-6-15(14)19/h3-6,13,16H,7-10,20H2,1-2H3,(H,21,24). The largest absolute Gasteiger partial charge is 0.350 e. The lowest BCUT2D eigenvalue weighted by Gasteiger charge is -2.12. The number of rotatable bonds is 6. The predicted octanol–water partition coefficient (Wildman–Crippen LogP) is 2.67.